The van der Waals surface area contributed by atoms with E-state index in [1.807, 2.05) is 0 Å². The molecular formula is C13H11F2NaO3. The van der Waals surface area contributed by atoms with E-state index in [0.29, 0.717) is 0 Å². The quantitative estimate of drug-likeness (QED) is 0.786. The van der Waals surface area contributed by atoms with Crippen LogP contribution in [0.2, 0.25) is 0 Å². The molecule has 2 N–H and O–H groups in total. The van der Waals surface area contributed by atoms with E-state index in [-0.39, 0.29) is 41.2 Å². The van der Waals surface area contributed by atoms with E-state index in [1.54, 1.807) is 24.3 Å². The third-order valence-corrected chi connectivity index (χ3v) is 2.02. The minimum absolute atomic E-state index is 0. The maximum atomic E-state index is 12.6. The van der Waals surface area contributed by atoms with Gasteiger partial charge in [0.1, 0.15) is 11.6 Å². The molecule has 0 saturated heterocycles. The van der Waals surface area contributed by atoms with E-state index in [2.05, 4.69) is 0 Å². The molecule has 0 aromatic heterocycles. The van der Waals surface area contributed by atoms with Crippen LogP contribution in [0.5, 0.6) is 0 Å². The zero-order valence-corrected chi connectivity index (χ0v) is 9.18. The monoisotopic (exact) mass is 276 g/mol. The van der Waals surface area contributed by atoms with Gasteiger partial charge in [0.05, 0.1) is 0 Å². The van der Waals surface area contributed by atoms with Crippen molar-refractivity contribution in [1.29, 1.82) is 0 Å². The molecule has 6 heteroatoms. The summed E-state index contributed by atoms with van der Waals surface area (Å²) < 4.78 is 25.2. The zero-order valence-electron chi connectivity index (χ0n) is 9.18. The standard InChI is InChI=1S/C12H8F2.CH2O3.Na.H/c13-11-5-1-9(2-6-11)10-3-7-12(14)8-4-10;2-1(3)4;;/h1-8H;(H2,2,3,4);;. The molecule has 2 aromatic carbocycles. The molecule has 0 unspecified atom stereocenters. The average Bonchev–Trinajstić information content (AvgIpc) is 2.31. The third-order valence-electron chi connectivity index (χ3n) is 2.02. The van der Waals surface area contributed by atoms with Gasteiger partial charge in [-0.3, -0.25) is 0 Å². The van der Waals surface area contributed by atoms with Crippen LogP contribution in [0.1, 0.15) is 0 Å². The second-order valence-corrected chi connectivity index (χ2v) is 3.30. The van der Waals surface area contributed by atoms with E-state index < -0.39 is 6.16 Å². The summed E-state index contributed by atoms with van der Waals surface area (Å²) >= 11 is 0. The van der Waals surface area contributed by atoms with Crippen molar-refractivity contribution in [3.63, 3.8) is 0 Å². The van der Waals surface area contributed by atoms with Crippen molar-refractivity contribution < 1.29 is 23.8 Å². The van der Waals surface area contributed by atoms with E-state index in [4.69, 9.17) is 15.0 Å². The van der Waals surface area contributed by atoms with Gasteiger partial charge in [0.25, 0.3) is 0 Å². The number of hydrogen-bond acceptors (Lipinski definition) is 1. The fourth-order valence-corrected chi connectivity index (χ4v) is 1.28. The van der Waals surface area contributed by atoms with Crippen LogP contribution in [0.3, 0.4) is 0 Å². The van der Waals surface area contributed by atoms with Crippen molar-refractivity contribution in [2.24, 2.45) is 0 Å². The summed E-state index contributed by atoms with van der Waals surface area (Å²) in [4.78, 5) is 8.56. The van der Waals surface area contributed by atoms with Crippen molar-refractivity contribution in [2.45, 2.75) is 0 Å². The molecule has 0 aliphatic carbocycles. The Morgan fingerprint density at radius 2 is 0.947 bits per heavy atom. The van der Waals surface area contributed by atoms with Gasteiger partial charge in [0, 0.05) is 0 Å². The second-order valence-electron chi connectivity index (χ2n) is 3.30. The molecule has 0 amide bonds. The molecule has 0 radical (unpaired) electrons. The molecule has 2 rings (SSSR count). The molecule has 3 nitrogen and oxygen atoms in total. The first-order valence-corrected chi connectivity index (χ1v) is 4.92. The Balaban J connectivity index is 0.000000576. The van der Waals surface area contributed by atoms with Crippen molar-refractivity contribution in [3.8, 4) is 11.1 Å². The molecular weight excluding hydrogens is 265 g/mol. The Labute approximate surface area is 130 Å². The topological polar surface area (TPSA) is 57.5 Å². The first kappa shape index (κ1) is 17.6. The predicted octanol–water partition coefficient (Wildman–Crippen LogP) is 3.21. The summed E-state index contributed by atoms with van der Waals surface area (Å²) in [6.45, 7) is 0. The van der Waals surface area contributed by atoms with Gasteiger partial charge in [-0.15, -0.1) is 0 Å². The molecule has 19 heavy (non-hydrogen) atoms. The average molecular weight is 276 g/mol. The van der Waals surface area contributed by atoms with Crippen LogP contribution in [0.15, 0.2) is 48.5 Å². The first-order valence-electron chi connectivity index (χ1n) is 4.92. The summed E-state index contributed by atoms with van der Waals surface area (Å²) in [6, 6.07) is 12.2. The van der Waals surface area contributed by atoms with Gasteiger partial charge in [0.15, 0.2) is 0 Å². The third kappa shape index (κ3) is 6.91. The predicted molar refractivity (Wildman–Crippen MR) is 69.6 cm³/mol. The normalized spacial score (nSPS) is 8.74. The Hall–Kier alpha value is -1.43. The maximum absolute atomic E-state index is 12.6. The molecule has 0 saturated carbocycles. The number of hydrogen-bond donors (Lipinski definition) is 2. The van der Waals surface area contributed by atoms with E-state index in [1.165, 1.54) is 24.3 Å². The van der Waals surface area contributed by atoms with Gasteiger partial charge in [-0.05, 0) is 35.4 Å². The summed E-state index contributed by atoms with van der Waals surface area (Å²) in [5.74, 6) is -0.535. The van der Waals surface area contributed by atoms with E-state index >= 15 is 0 Å². The molecule has 2 aromatic rings. The van der Waals surface area contributed by atoms with Crippen molar-refractivity contribution in [1.82, 2.24) is 0 Å². The van der Waals surface area contributed by atoms with Gasteiger partial charge in [-0.2, -0.15) is 0 Å². The number of rotatable bonds is 1. The molecule has 0 heterocycles. The first-order chi connectivity index (χ1) is 8.49. The van der Waals surface area contributed by atoms with Crippen LogP contribution in [0.25, 0.3) is 11.1 Å². The van der Waals surface area contributed by atoms with Gasteiger partial charge in [-0.25, -0.2) is 13.6 Å². The molecule has 0 atom stereocenters. The van der Waals surface area contributed by atoms with Crippen molar-refractivity contribution in [3.05, 3.63) is 60.2 Å². The van der Waals surface area contributed by atoms with Crippen LogP contribution in [0.4, 0.5) is 13.6 Å². The van der Waals surface area contributed by atoms with Crippen molar-refractivity contribution >= 4 is 35.7 Å². The summed E-state index contributed by atoms with van der Waals surface area (Å²) in [5, 5.41) is 13.9. The molecule has 0 spiro atoms. The van der Waals surface area contributed by atoms with Crippen LogP contribution < -0.4 is 0 Å². The van der Waals surface area contributed by atoms with Crippen LogP contribution in [0, 0.1) is 11.6 Å². The fourth-order valence-electron chi connectivity index (χ4n) is 1.28. The van der Waals surface area contributed by atoms with Gasteiger partial charge in [-0.1, -0.05) is 24.3 Å². The van der Waals surface area contributed by atoms with E-state index in [0.717, 1.165) is 11.1 Å². The number of carbonyl (C=O) groups is 1. The molecule has 0 aliphatic heterocycles. The second kappa shape index (κ2) is 8.63. The van der Waals surface area contributed by atoms with Gasteiger partial charge >= 0.3 is 35.7 Å². The van der Waals surface area contributed by atoms with Gasteiger partial charge < -0.3 is 10.2 Å². The zero-order chi connectivity index (χ0) is 13.5. The molecule has 96 valence electrons. The SMILES string of the molecule is Fc1ccc(-c2ccc(F)cc2)cc1.O=C(O)O.[NaH]. The van der Waals surface area contributed by atoms with E-state index in [9.17, 15) is 8.78 Å². The van der Waals surface area contributed by atoms with Crippen molar-refractivity contribution in [2.75, 3.05) is 0 Å². The summed E-state index contributed by atoms with van der Waals surface area (Å²) in [5.41, 5.74) is 1.76. The fraction of sp³-hybridized carbons (Fsp3) is 0. The summed E-state index contributed by atoms with van der Waals surface area (Å²) in [6.07, 6.45) is -1.83. The molecule has 0 fully saturated rings. The Kier molecular flexibility index (Phi) is 7.98. The number of halogens is 2. The Morgan fingerprint density at radius 3 is 1.16 bits per heavy atom. The Bertz CT molecular complexity index is 465. The van der Waals surface area contributed by atoms with Crippen LogP contribution in [-0.2, 0) is 0 Å². The van der Waals surface area contributed by atoms with Crippen LogP contribution >= 0.6 is 0 Å². The molecule has 0 bridgehead atoms. The van der Waals surface area contributed by atoms with Crippen LogP contribution in [-0.4, -0.2) is 45.9 Å². The number of carboxylic acid groups (broad SMARTS) is 2. The Morgan fingerprint density at radius 1 is 0.737 bits per heavy atom. The number of benzene rings is 2. The van der Waals surface area contributed by atoms with Gasteiger partial charge in [0.2, 0.25) is 0 Å². The summed E-state index contributed by atoms with van der Waals surface area (Å²) in [7, 11) is 0. The molecule has 0 aliphatic rings. The minimum atomic E-state index is -1.83.